The van der Waals surface area contributed by atoms with Gasteiger partial charge in [-0.05, 0) is 37.0 Å². The summed E-state index contributed by atoms with van der Waals surface area (Å²) in [5, 5.41) is 3.80. The van der Waals surface area contributed by atoms with E-state index in [0.717, 1.165) is 41.3 Å². The minimum absolute atomic E-state index is 0.00163. The van der Waals surface area contributed by atoms with E-state index in [0.29, 0.717) is 6.54 Å². The van der Waals surface area contributed by atoms with Crippen molar-refractivity contribution >= 4 is 29.5 Å². The maximum atomic E-state index is 12.3. The largest absolute Gasteiger partial charge is 0.351 e. The molecule has 1 aliphatic heterocycles. The summed E-state index contributed by atoms with van der Waals surface area (Å²) < 4.78 is 2.18. The maximum Gasteiger partial charge on any atom is 0.238 e. The maximum absolute atomic E-state index is 12.3. The molecule has 0 bridgehead atoms. The second-order valence-corrected chi connectivity index (χ2v) is 6.51. The first-order valence-electron chi connectivity index (χ1n) is 7.04. The van der Waals surface area contributed by atoms with Crippen molar-refractivity contribution in [3.63, 3.8) is 0 Å². The molecule has 0 aromatic heterocycles. The van der Waals surface area contributed by atoms with Gasteiger partial charge in [0.1, 0.15) is 0 Å². The van der Waals surface area contributed by atoms with E-state index in [2.05, 4.69) is 16.5 Å². The third kappa shape index (κ3) is 3.68. The molecule has 1 N–H and O–H groups in total. The highest BCUT2D eigenvalue weighted by molar-refractivity contribution is 7.97. The predicted molar refractivity (Wildman–Crippen MR) is 85.9 cm³/mol. The van der Waals surface area contributed by atoms with Crippen LogP contribution in [0.5, 0.6) is 0 Å². The zero-order chi connectivity index (χ0) is 14.5. The molecule has 5 heteroatoms. The number of carbonyl (C=O) groups excluding carboxylic acids is 1. The normalized spacial score (nSPS) is 19.9. The van der Waals surface area contributed by atoms with Crippen LogP contribution in [0.1, 0.15) is 30.9 Å². The summed E-state index contributed by atoms with van der Waals surface area (Å²) in [5.41, 5.74) is 2.12. The average Bonchev–Trinajstić information content (AvgIpc) is 2.48. The number of likely N-dealkylation sites (N-methyl/N-ethyl adjacent to an activating group) is 1. The number of rotatable bonds is 4. The molecule has 0 aliphatic carbocycles. The van der Waals surface area contributed by atoms with Crippen molar-refractivity contribution in [2.24, 2.45) is 0 Å². The lowest BCUT2D eigenvalue weighted by molar-refractivity contribution is -0.125. The van der Waals surface area contributed by atoms with E-state index >= 15 is 0 Å². The van der Waals surface area contributed by atoms with Crippen LogP contribution < -0.4 is 5.32 Å². The molecule has 0 spiro atoms. The summed E-state index contributed by atoms with van der Waals surface area (Å²) in [7, 11) is 0. The molecule has 1 aromatic carbocycles. The van der Waals surface area contributed by atoms with Crippen LogP contribution in [0.3, 0.4) is 0 Å². The van der Waals surface area contributed by atoms with Crippen LogP contribution in [0, 0.1) is 6.92 Å². The fourth-order valence-electron chi connectivity index (χ4n) is 2.41. The number of amides is 1. The van der Waals surface area contributed by atoms with E-state index in [-0.39, 0.29) is 11.9 Å². The van der Waals surface area contributed by atoms with Crippen LogP contribution in [0.15, 0.2) is 18.2 Å². The van der Waals surface area contributed by atoms with Crippen molar-refractivity contribution in [1.82, 2.24) is 9.62 Å². The van der Waals surface area contributed by atoms with Gasteiger partial charge in [-0.25, -0.2) is 4.31 Å². The first-order chi connectivity index (χ1) is 9.63. The van der Waals surface area contributed by atoms with Crippen molar-refractivity contribution in [2.75, 3.05) is 12.3 Å². The first kappa shape index (κ1) is 15.7. The number of nitrogens with one attached hydrogen (secondary N) is 1. The first-order valence-corrected chi connectivity index (χ1v) is 8.36. The van der Waals surface area contributed by atoms with Crippen LogP contribution in [0.25, 0.3) is 0 Å². The van der Waals surface area contributed by atoms with E-state index < -0.39 is 0 Å². The van der Waals surface area contributed by atoms with Crippen LogP contribution in [-0.4, -0.2) is 28.6 Å². The Kier molecular flexibility index (Phi) is 5.75. The zero-order valence-electron chi connectivity index (χ0n) is 12.0. The van der Waals surface area contributed by atoms with E-state index in [4.69, 9.17) is 11.6 Å². The molecule has 2 rings (SSSR count). The number of hydrogen-bond acceptors (Lipinski definition) is 3. The molecular weight excluding hydrogens is 292 g/mol. The summed E-state index contributed by atoms with van der Waals surface area (Å²) >= 11 is 7.88. The fourth-order valence-corrected chi connectivity index (χ4v) is 3.70. The topological polar surface area (TPSA) is 32.3 Å². The summed E-state index contributed by atoms with van der Waals surface area (Å²) in [6, 6.07) is 5.80. The van der Waals surface area contributed by atoms with Crippen LogP contribution >= 0.6 is 23.5 Å². The smallest absolute Gasteiger partial charge is 0.238 e. The summed E-state index contributed by atoms with van der Waals surface area (Å²) in [4.78, 5) is 12.3. The van der Waals surface area contributed by atoms with Gasteiger partial charge in [-0.2, -0.15) is 0 Å². The van der Waals surface area contributed by atoms with Gasteiger partial charge >= 0.3 is 0 Å². The highest BCUT2D eigenvalue weighted by Crippen LogP contribution is 2.25. The predicted octanol–water partition coefficient (Wildman–Crippen LogP) is 3.40. The SMILES string of the molecule is CCN1SCCCC1C(=O)NCc1cccc(Cl)c1C. The lowest BCUT2D eigenvalue weighted by Gasteiger charge is -2.32. The standard InChI is InChI=1S/C15H21ClN2OS/c1-3-18-14(8-5-9-20-18)15(19)17-10-12-6-4-7-13(16)11(12)2/h4,6-7,14H,3,5,8-10H2,1-2H3,(H,17,19). The van der Waals surface area contributed by atoms with Crippen molar-refractivity contribution in [3.05, 3.63) is 34.3 Å². The lowest BCUT2D eigenvalue weighted by atomic mass is 10.1. The van der Waals surface area contributed by atoms with Gasteiger partial charge in [0.15, 0.2) is 0 Å². The molecule has 1 heterocycles. The van der Waals surface area contributed by atoms with Gasteiger partial charge in [-0.3, -0.25) is 4.79 Å². The van der Waals surface area contributed by atoms with Crippen molar-refractivity contribution in [3.8, 4) is 0 Å². The van der Waals surface area contributed by atoms with E-state index in [1.165, 1.54) is 0 Å². The molecule has 20 heavy (non-hydrogen) atoms. The van der Waals surface area contributed by atoms with Crippen LogP contribution in [0.4, 0.5) is 0 Å². The van der Waals surface area contributed by atoms with Crippen molar-refractivity contribution in [1.29, 1.82) is 0 Å². The Hall–Kier alpha value is -0.710. The van der Waals surface area contributed by atoms with Crippen LogP contribution in [0.2, 0.25) is 5.02 Å². The van der Waals surface area contributed by atoms with Crippen molar-refractivity contribution in [2.45, 2.75) is 39.3 Å². The number of benzene rings is 1. The molecular formula is C15H21ClN2OS. The van der Waals surface area contributed by atoms with Gasteiger partial charge < -0.3 is 5.32 Å². The molecule has 1 unspecified atom stereocenters. The molecule has 1 atom stereocenters. The van der Waals surface area contributed by atoms with Crippen LogP contribution in [-0.2, 0) is 11.3 Å². The lowest BCUT2D eigenvalue weighted by Crippen LogP contribution is -2.45. The Bertz CT molecular complexity index is 481. The monoisotopic (exact) mass is 312 g/mol. The van der Waals surface area contributed by atoms with E-state index in [1.807, 2.05) is 25.1 Å². The van der Waals surface area contributed by atoms with Gasteiger partial charge in [0, 0.05) is 23.9 Å². The Labute approximate surface area is 130 Å². The quantitative estimate of drug-likeness (QED) is 0.865. The minimum Gasteiger partial charge on any atom is -0.351 e. The molecule has 0 saturated carbocycles. The van der Waals surface area contributed by atoms with E-state index in [9.17, 15) is 4.79 Å². The Balaban J connectivity index is 1.96. The van der Waals surface area contributed by atoms with E-state index in [1.54, 1.807) is 11.9 Å². The van der Waals surface area contributed by atoms with Gasteiger partial charge in [-0.1, -0.05) is 42.6 Å². The molecule has 1 saturated heterocycles. The Morgan fingerprint density at radius 1 is 1.55 bits per heavy atom. The number of nitrogens with zero attached hydrogens (tertiary/aromatic N) is 1. The number of carbonyl (C=O) groups is 1. The molecule has 1 aliphatic rings. The Morgan fingerprint density at radius 2 is 2.35 bits per heavy atom. The van der Waals surface area contributed by atoms with Gasteiger partial charge in [0.2, 0.25) is 5.91 Å². The highest BCUT2D eigenvalue weighted by atomic mass is 35.5. The minimum atomic E-state index is -0.00163. The molecule has 1 fully saturated rings. The second kappa shape index (κ2) is 7.34. The second-order valence-electron chi connectivity index (χ2n) is 4.97. The molecule has 3 nitrogen and oxygen atoms in total. The number of hydrogen-bond donors (Lipinski definition) is 1. The zero-order valence-corrected chi connectivity index (χ0v) is 13.6. The summed E-state index contributed by atoms with van der Waals surface area (Å²) in [6.45, 7) is 5.53. The van der Waals surface area contributed by atoms with Crippen molar-refractivity contribution < 1.29 is 4.79 Å². The third-order valence-electron chi connectivity index (χ3n) is 3.67. The molecule has 0 radical (unpaired) electrons. The van der Waals surface area contributed by atoms with Gasteiger partial charge in [0.05, 0.1) is 6.04 Å². The van der Waals surface area contributed by atoms with Gasteiger partial charge in [-0.15, -0.1) is 0 Å². The third-order valence-corrected chi connectivity index (χ3v) is 5.40. The summed E-state index contributed by atoms with van der Waals surface area (Å²) in [6.07, 6.45) is 2.05. The Morgan fingerprint density at radius 3 is 3.10 bits per heavy atom. The highest BCUT2D eigenvalue weighted by Gasteiger charge is 2.28. The molecule has 1 aromatic rings. The molecule has 1 amide bonds. The molecule has 110 valence electrons. The fraction of sp³-hybridized carbons (Fsp3) is 0.533. The number of halogens is 1. The van der Waals surface area contributed by atoms with Gasteiger partial charge in [0.25, 0.3) is 0 Å². The summed E-state index contributed by atoms with van der Waals surface area (Å²) in [5.74, 6) is 1.24. The average molecular weight is 313 g/mol.